The molecule has 0 unspecified atom stereocenters. The Morgan fingerprint density at radius 1 is 0.600 bits per heavy atom. The van der Waals surface area contributed by atoms with Crippen LogP contribution in [0.15, 0.2) is 127 Å². The third-order valence-electron chi connectivity index (χ3n) is 7.15. The highest BCUT2D eigenvalue weighted by Crippen LogP contribution is 2.51. The summed E-state index contributed by atoms with van der Waals surface area (Å²) in [5.74, 6) is 0.852. The number of ether oxygens (including phenoxy) is 1. The fraction of sp³-hybridized carbons (Fsp3) is 0.0909. The van der Waals surface area contributed by atoms with E-state index in [1.807, 2.05) is 12.1 Å². The summed E-state index contributed by atoms with van der Waals surface area (Å²) >= 11 is 0. The summed E-state index contributed by atoms with van der Waals surface area (Å²) in [5.41, 5.74) is 9.75. The van der Waals surface area contributed by atoms with E-state index in [1.165, 1.54) is 33.4 Å². The third-order valence-corrected chi connectivity index (χ3v) is 7.15. The average Bonchev–Trinajstić information content (AvgIpc) is 2.94. The Morgan fingerprint density at radius 3 is 1.86 bits per heavy atom. The van der Waals surface area contributed by atoms with Crippen LogP contribution in [0.3, 0.4) is 0 Å². The van der Waals surface area contributed by atoms with Gasteiger partial charge in [-0.1, -0.05) is 91.0 Å². The molecule has 1 aliphatic rings. The van der Waals surface area contributed by atoms with Crippen LogP contribution in [0.4, 0.5) is 11.4 Å². The molecular weight excluding hydrogens is 426 g/mol. The summed E-state index contributed by atoms with van der Waals surface area (Å²) in [6, 6.07) is 45.6. The third kappa shape index (κ3) is 3.68. The summed E-state index contributed by atoms with van der Waals surface area (Å²) in [5, 5.41) is 3.61. The molecule has 1 aliphatic carbocycles. The number of anilines is 2. The lowest BCUT2D eigenvalue weighted by molar-refractivity contribution is 0.415. The highest BCUT2D eigenvalue weighted by molar-refractivity contribution is 5.81. The molecule has 0 fully saturated rings. The van der Waals surface area contributed by atoms with Crippen molar-refractivity contribution >= 4 is 11.4 Å². The molecule has 6 rings (SSSR count). The second-order valence-electron chi connectivity index (χ2n) is 9.09. The van der Waals surface area contributed by atoms with Gasteiger partial charge < -0.3 is 10.1 Å². The zero-order valence-electron chi connectivity index (χ0n) is 19.7. The second-order valence-corrected chi connectivity index (χ2v) is 9.09. The van der Waals surface area contributed by atoms with E-state index in [-0.39, 0.29) is 5.41 Å². The van der Waals surface area contributed by atoms with Crippen LogP contribution in [0.25, 0.3) is 11.1 Å². The van der Waals surface area contributed by atoms with Crippen molar-refractivity contribution in [1.29, 1.82) is 0 Å². The standard InChI is InChI=1S/C33H27NO/c1-35-29-19-16-27(17-20-29)34-28-18-21-31-30-15-9-8-10-24(30)23-33(32(31)22-28,25-11-4-2-5-12-25)26-13-6-3-7-14-26/h2-22,34H,23H2,1H3. The topological polar surface area (TPSA) is 21.3 Å². The quantitative estimate of drug-likeness (QED) is 0.291. The molecule has 0 bridgehead atoms. The lowest BCUT2D eigenvalue weighted by Gasteiger charge is -2.41. The van der Waals surface area contributed by atoms with Crippen LogP contribution >= 0.6 is 0 Å². The fourth-order valence-corrected chi connectivity index (χ4v) is 5.50. The molecule has 0 aliphatic heterocycles. The maximum Gasteiger partial charge on any atom is 0.119 e. The molecule has 35 heavy (non-hydrogen) atoms. The molecule has 0 spiro atoms. The van der Waals surface area contributed by atoms with Gasteiger partial charge in [-0.15, -0.1) is 0 Å². The van der Waals surface area contributed by atoms with Crippen LogP contribution in [0, 0.1) is 0 Å². The monoisotopic (exact) mass is 453 g/mol. The number of nitrogens with one attached hydrogen (secondary N) is 1. The molecule has 2 heteroatoms. The highest BCUT2D eigenvalue weighted by Gasteiger charge is 2.41. The van der Waals surface area contributed by atoms with Crippen LogP contribution in [0.2, 0.25) is 0 Å². The largest absolute Gasteiger partial charge is 0.497 e. The number of hydrogen-bond acceptors (Lipinski definition) is 2. The molecule has 5 aromatic rings. The van der Waals surface area contributed by atoms with Gasteiger partial charge in [0.1, 0.15) is 5.75 Å². The predicted octanol–water partition coefficient (Wildman–Crippen LogP) is 8.00. The molecule has 0 atom stereocenters. The van der Waals surface area contributed by atoms with Gasteiger partial charge in [-0.25, -0.2) is 0 Å². The normalized spacial score (nSPS) is 13.4. The number of hydrogen-bond donors (Lipinski definition) is 1. The molecule has 1 N–H and O–H groups in total. The molecule has 0 heterocycles. The van der Waals surface area contributed by atoms with Crippen molar-refractivity contribution in [2.45, 2.75) is 11.8 Å². The summed E-state index contributed by atoms with van der Waals surface area (Å²) in [6.07, 6.45) is 0.913. The molecule has 5 aromatic carbocycles. The first-order chi connectivity index (χ1) is 17.3. The molecule has 2 nitrogen and oxygen atoms in total. The fourth-order valence-electron chi connectivity index (χ4n) is 5.50. The van der Waals surface area contributed by atoms with Crippen molar-refractivity contribution in [3.63, 3.8) is 0 Å². The number of fused-ring (bicyclic) bond motifs is 3. The summed E-state index contributed by atoms with van der Waals surface area (Å²) < 4.78 is 5.32. The SMILES string of the molecule is COc1ccc(Nc2ccc3c(c2)C(c2ccccc2)(c2ccccc2)Cc2ccccc2-3)cc1. The molecule has 0 saturated heterocycles. The van der Waals surface area contributed by atoms with E-state index >= 15 is 0 Å². The van der Waals surface area contributed by atoms with Crippen molar-refractivity contribution in [2.75, 3.05) is 12.4 Å². The zero-order chi connectivity index (χ0) is 23.7. The highest BCUT2D eigenvalue weighted by atomic mass is 16.5. The van der Waals surface area contributed by atoms with Gasteiger partial charge in [0, 0.05) is 16.8 Å². The minimum atomic E-state index is -0.288. The Morgan fingerprint density at radius 2 is 1.20 bits per heavy atom. The Balaban J connectivity index is 1.58. The Hall–Kier alpha value is -4.30. The van der Waals surface area contributed by atoms with Crippen LogP contribution in [-0.4, -0.2) is 7.11 Å². The minimum absolute atomic E-state index is 0.288. The minimum Gasteiger partial charge on any atom is -0.497 e. The van der Waals surface area contributed by atoms with Gasteiger partial charge in [-0.3, -0.25) is 0 Å². The molecule has 170 valence electrons. The van der Waals surface area contributed by atoms with Crippen molar-refractivity contribution in [2.24, 2.45) is 0 Å². The van der Waals surface area contributed by atoms with Crippen LogP contribution in [-0.2, 0) is 11.8 Å². The van der Waals surface area contributed by atoms with Crippen LogP contribution < -0.4 is 10.1 Å². The smallest absolute Gasteiger partial charge is 0.119 e. The molecule has 0 amide bonds. The van der Waals surface area contributed by atoms with Gasteiger partial charge in [0.15, 0.2) is 0 Å². The summed E-state index contributed by atoms with van der Waals surface area (Å²) in [4.78, 5) is 0. The first-order valence-corrected chi connectivity index (χ1v) is 12.0. The maximum absolute atomic E-state index is 5.32. The van der Waals surface area contributed by atoms with Gasteiger partial charge in [-0.05, 0) is 76.2 Å². The average molecular weight is 454 g/mol. The van der Waals surface area contributed by atoms with Crippen LogP contribution in [0.5, 0.6) is 5.75 Å². The van der Waals surface area contributed by atoms with Gasteiger partial charge in [-0.2, -0.15) is 0 Å². The van der Waals surface area contributed by atoms with E-state index in [0.717, 1.165) is 23.5 Å². The first-order valence-electron chi connectivity index (χ1n) is 12.0. The van der Waals surface area contributed by atoms with E-state index in [9.17, 15) is 0 Å². The van der Waals surface area contributed by atoms with Gasteiger partial charge in [0.2, 0.25) is 0 Å². The molecule has 0 saturated carbocycles. The Bertz CT molecular complexity index is 1420. The van der Waals surface area contributed by atoms with E-state index in [2.05, 4.69) is 121 Å². The summed E-state index contributed by atoms with van der Waals surface area (Å²) in [6.45, 7) is 0. The van der Waals surface area contributed by atoms with E-state index in [1.54, 1.807) is 7.11 Å². The zero-order valence-corrected chi connectivity index (χ0v) is 19.7. The van der Waals surface area contributed by atoms with Crippen molar-refractivity contribution < 1.29 is 4.74 Å². The van der Waals surface area contributed by atoms with Gasteiger partial charge in [0.25, 0.3) is 0 Å². The van der Waals surface area contributed by atoms with E-state index in [0.29, 0.717) is 0 Å². The number of benzene rings is 5. The lowest BCUT2D eigenvalue weighted by atomic mass is 9.61. The molecule has 0 radical (unpaired) electrons. The van der Waals surface area contributed by atoms with Gasteiger partial charge >= 0.3 is 0 Å². The Kier molecular flexibility index (Phi) is 5.35. The maximum atomic E-state index is 5.32. The van der Waals surface area contributed by atoms with Crippen LogP contribution in [0.1, 0.15) is 22.3 Å². The van der Waals surface area contributed by atoms with E-state index in [4.69, 9.17) is 4.74 Å². The van der Waals surface area contributed by atoms with Gasteiger partial charge in [0.05, 0.1) is 7.11 Å². The lowest BCUT2D eigenvalue weighted by Crippen LogP contribution is -2.35. The van der Waals surface area contributed by atoms with Crippen molar-refractivity contribution in [3.05, 3.63) is 150 Å². The summed E-state index contributed by atoms with van der Waals surface area (Å²) in [7, 11) is 1.69. The Labute approximate surface area is 206 Å². The first kappa shape index (κ1) is 21.2. The van der Waals surface area contributed by atoms with E-state index < -0.39 is 0 Å². The molecule has 0 aromatic heterocycles. The van der Waals surface area contributed by atoms with Crippen molar-refractivity contribution in [3.8, 4) is 16.9 Å². The number of rotatable bonds is 5. The molecular formula is C33H27NO. The number of methoxy groups -OCH3 is 1. The van der Waals surface area contributed by atoms with Crippen molar-refractivity contribution in [1.82, 2.24) is 0 Å². The predicted molar refractivity (Wildman–Crippen MR) is 145 cm³/mol. The second kappa shape index (κ2) is 8.81.